The topological polar surface area (TPSA) is 86.5 Å². The van der Waals surface area contributed by atoms with Crippen molar-refractivity contribution in [3.8, 4) is 34.3 Å². The summed E-state index contributed by atoms with van der Waals surface area (Å²) < 4.78 is 15.9. The van der Waals surface area contributed by atoms with E-state index in [1.165, 1.54) is 0 Å². The molecule has 1 amide bonds. The zero-order valence-electron chi connectivity index (χ0n) is 17.2. The minimum Gasteiger partial charge on any atom is -0.497 e. The number of carbonyl (C=O) groups excluding carboxylic acids is 1. The molecule has 1 aromatic heterocycles. The molecule has 0 unspecified atom stereocenters. The highest BCUT2D eigenvalue weighted by Crippen LogP contribution is 2.26. The fourth-order valence-corrected chi connectivity index (χ4v) is 3.14. The largest absolute Gasteiger partial charge is 0.497 e. The molecule has 7 heteroatoms. The molecule has 0 spiro atoms. The number of benzene rings is 3. The Bertz CT molecular complexity index is 1190. The summed E-state index contributed by atoms with van der Waals surface area (Å²) in [5.41, 5.74) is 3.06. The van der Waals surface area contributed by atoms with Gasteiger partial charge in [0, 0.05) is 22.4 Å². The van der Waals surface area contributed by atoms with Gasteiger partial charge in [0.25, 0.3) is 5.89 Å². The van der Waals surface area contributed by atoms with Crippen LogP contribution < -0.4 is 14.8 Å². The highest BCUT2D eigenvalue weighted by Gasteiger charge is 2.12. The lowest BCUT2D eigenvalue weighted by Gasteiger charge is -2.09. The van der Waals surface area contributed by atoms with E-state index < -0.39 is 0 Å². The van der Waals surface area contributed by atoms with Crippen LogP contribution in [0.5, 0.6) is 11.5 Å². The van der Waals surface area contributed by atoms with E-state index in [-0.39, 0.29) is 12.3 Å². The van der Waals surface area contributed by atoms with Crippen molar-refractivity contribution in [2.45, 2.75) is 6.42 Å². The summed E-state index contributed by atoms with van der Waals surface area (Å²) in [5.74, 6) is 2.15. The van der Waals surface area contributed by atoms with Gasteiger partial charge in [-0.05, 0) is 42.5 Å². The number of anilines is 1. The first-order chi connectivity index (χ1) is 15.2. The van der Waals surface area contributed by atoms with E-state index in [4.69, 9.17) is 14.0 Å². The monoisotopic (exact) mass is 415 g/mol. The van der Waals surface area contributed by atoms with Crippen LogP contribution in [-0.4, -0.2) is 30.3 Å². The summed E-state index contributed by atoms with van der Waals surface area (Å²) in [4.78, 5) is 16.9. The van der Waals surface area contributed by atoms with Crippen LogP contribution >= 0.6 is 0 Å². The molecule has 3 aromatic carbocycles. The quantitative estimate of drug-likeness (QED) is 0.475. The zero-order valence-corrected chi connectivity index (χ0v) is 17.2. The molecule has 4 aromatic rings. The van der Waals surface area contributed by atoms with E-state index in [1.807, 2.05) is 60.7 Å². The molecule has 0 radical (unpaired) electrons. The maximum absolute atomic E-state index is 12.4. The zero-order chi connectivity index (χ0) is 21.6. The summed E-state index contributed by atoms with van der Waals surface area (Å²) in [5, 5.41) is 6.94. The van der Waals surface area contributed by atoms with Gasteiger partial charge in [-0.15, -0.1) is 0 Å². The average Bonchev–Trinajstić information content (AvgIpc) is 3.30. The lowest BCUT2D eigenvalue weighted by atomic mass is 10.1. The number of aromatic nitrogens is 2. The Morgan fingerprint density at radius 3 is 2.52 bits per heavy atom. The molecule has 0 fully saturated rings. The standard InChI is InChI=1S/C24H21N3O4/c1-29-20-8-5-7-18(14-20)23-26-24(31-27-23)16-10-12-19(13-11-16)25-22(28)15-17-6-3-4-9-21(17)30-2/h3-14H,15H2,1-2H3,(H,25,28). The summed E-state index contributed by atoms with van der Waals surface area (Å²) in [6, 6.07) is 22.1. The molecule has 0 saturated carbocycles. The minimum atomic E-state index is -0.129. The van der Waals surface area contributed by atoms with Crippen molar-refractivity contribution in [1.29, 1.82) is 0 Å². The predicted molar refractivity (Wildman–Crippen MR) is 117 cm³/mol. The van der Waals surface area contributed by atoms with Gasteiger partial charge < -0.3 is 19.3 Å². The van der Waals surface area contributed by atoms with Crippen molar-refractivity contribution < 1.29 is 18.8 Å². The van der Waals surface area contributed by atoms with Gasteiger partial charge in [0.05, 0.1) is 20.6 Å². The van der Waals surface area contributed by atoms with Gasteiger partial charge in [0.1, 0.15) is 11.5 Å². The predicted octanol–water partition coefficient (Wildman–Crippen LogP) is 4.60. The number of carbonyl (C=O) groups is 1. The van der Waals surface area contributed by atoms with Gasteiger partial charge in [0.15, 0.2) is 0 Å². The van der Waals surface area contributed by atoms with Gasteiger partial charge in [0.2, 0.25) is 11.7 Å². The Morgan fingerprint density at radius 1 is 0.935 bits per heavy atom. The minimum absolute atomic E-state index is 0.129. The molecule has 0 saturated heterocycles. The number of amides is 1. The van der Waals surface area contributed by atoms with E-state index in [0.717, 1.165) is 22.4 Å². The summed E-state index contributed by atoms with van der Waals surface area (Å²) >= 11 is 0. The normalized spacial score (nSPS) is 10.5. The van der Waals surface area contributed by atoms with E-state index in [2.05, 4.69) is 15.5 Å². The number of hydrogen-bond acceptors (Lipinski definition) is 6. The third-order valence-electron chi connectivity index (χ3n) is 4.71. The first-order valence-electron chi connectivity index (χ1n) is 9.66. The summed E-state index contributed by atoms with van der Waals surface area (Å²) in [7, 11) is 3.20. The van der Waals surface area contributed by atoms with E-state index in [1.54, 1.807) is 26.4 Å². The maximum atomic E-state index is 12.4. The molecule has 0 aliphatic rings. The molecule has 4 rings (SSSR count). The third-order valence-corrected chi connectivity index (χ3v) is 4.71. The van der Waals surface area contributed by atoms with Crippen molar-refractivity contribution in [2.24, 2.45) is 0 Å². The fraction of sp³-hybridized carbons (Fsp3) is 0.125. The maximum Gasteiger partial charge on any atom is 0.258 e. The van der Waals surface area contributed by atoms with Gasteiger partial charge in [-0.2, -0.15) is 4.98 Å². The first-order valence-corrected chi connectivity index (χ1v) is 9.66. The van der Waals surface area contributed by atoms with Crippen LogP contribution in [0.15, 0.2) is 77.3 Å². The van der Waals surface area contributed by atoms with Gasteiger partial charge in [-0.1, -0.05) is 35.5 Å². The first kappa shape index (κ1) is 20.2. The lowest BCUT2D eigenvalue weighted by molar-refractivity contribution is -0.115. The van der Waals surface area contributed by atoms with Crippen LogP contribution in [0, 0.1) is 0 Å². The molecule has 7 nitrogen and oxygen atoms in total. The Kier molecular flexibility index (Phi) is 5.93. The Hall–Kier alpha value is -4.13. The van der Waals surface area contributed by atoms with E-state index >= 15 is 0 Å². The smallest absolute Gasteiger partial charge is 0.258 e. The van der Waals surface area contributed by atoms with Crippen molar-refractivity contribution in [3.63, 3.8) is 0 Å². The van der Waals surface area contributed by atoms with Crippen molar-refractivity contribution in [1.82, 2.24) is 10.1 Å². The molecule has 0 atom stereocenters. The Morgan fingerprint density at radius 2 is 1.74 bits per heavy atom. The van der Waals surface area contributed by atoms with Gasteiger partial charge in [-0.3, -0.25) is 4.79 Å². The van der Waals surface area contributed by atoms with Crippen molar-refractivity contribution in [3.05, 3.63) is 78.4 Å². The van der Waals surface area contributed by atoms with Crippen molar-refractivity contribution in [2.75, 3.05) is 19.5 Å². The summed E-state index contributed by atoms with van der Waals surface area (Å²) in [6.07, 6.45) is 0.222. The number of hydrogen-bond donors (Lipinski definition) is 1. The average molecular weight is 415 g/mol. The van der Waals surface area contributed by atoms with Gasteiger partial charge in [-0.25, -0.2) is 0 Å². The second-order valence-electron chi connectivity index (χ2n) is 6.77. The second kappa shape index (κ2) is 9.13. The number of methoxy groups -OCH3 is 2. The molecule has 0 aliphatic heterocycles. The molecule has 31 heavy (non-hydrogen) atoms. The van der Waals surface area contributed by atoms with Crippen LogP contribution in [-0.2, 0) is 11.2 Å². The summed E-state index contributed by atoms with van der Waals surface area (Å²) in [6.45, 7) is 0. The molecule has 156 valence electrons. The highest BCUT2D eigenvalue weighted by atomic mass is 16.5. The Balaban J connectivity index is 1.44. The number of para-hydroxylation sites is 1. The Labute approximate surface area is 179 Å². The van der Waals surface area contributed by atoms with Crippen LogP contribution in [0.1, 0.15) is 5.56 Å². The van der Waals surface area contributed by atoms with Gasteiger partial charge >= 0.3 is 0 Å². The third kappa shape index (κ3) is 4.72. The van der Waals surface area contributed by atoms with E-state index in [0.29, 0.717) is 23.2 Å². The molecule has 0 aliphatic carbocycles. The molecular formula is C24H21N3O4. The molecule has 0 bridgehead atoms. The number of nitrogens with zero attached hydrogens (tertiary/aromatic N) is 2. The van der Waals surface area contributed by atoms with Crippen LogP contribution in [0.3, 0.4) is 0 Å². The van der Waals surface area contributed by atoms with E-state index in [9.17, 15) is 4.79 Å². The van der Waals surface area contributed by atoms with Crippen molar-refractivity contribution >= 4 is 11.6 Å². The number of rotatable bonds is 7. The molecule has 1 N–H and O–H groups in total. The van der Waals surface area contributed by atoms with Crippen LogP contribution in [0.2, 0.25) is 0 Å². The molecular weight excluding hydrogens is 394 g/mol. The highest BCUT2D eigenvalue weighted by molar-refractivity contribution is 5.92. The SMILES string of the molecule is COc1cccc(-c2noc(-c3ccc(NC(=O)Cc4ccccc4OC)cc3)n2)c1. The van der Waals surface area contributed by atoms with Crippen LogP contribution in [0.25, 0.3) is 22.8 Å². The second-order valence-corrected chi connectivity index (χ2v) is 6.77. The lowest BCUT2D eigenvalue weighted by Crippen LogP contribution is -2.14. The molecule has 1 heterocycles. The fourth-order valence-electron chi connectivity index (χ4n) is 3.14. The number of ether oxygens (including phenoxy) is 2. The van der Waals surface area contributed by atoms with Crippen LogP contribution in [0.4, 0.5) is 5.69 Å². The number of nitrogens with one attached hydrogen (secondary N) is 1.